The first-order chi connectivity index (χ1) is 11.9. The summed E-state index contributed by atoms with van der Waals surface area (Å²) < 4.78 is 0.247. The van der Waals surface area contributed by atoms with Gasteiger partial charge in [0.05, 0.1) is 4.91 Å². The Balaban J connectivity index is 1.77. The number of aromatic hydroxyl groups is 1. The number of rotatable bonds is 3. The lowest BCUT2D eigenvalue weighted by Gasteiger charge is -2.15. The molecule has 1 aliphatic rings. The van der Waals surface area contributed by atoms with Crippen LogP contribution < -0.4 is 5.43 Å². The number of hydrogen-bond donors (Lipinski definition) is 2. The Kier molecular flexibility index (Phi) is 4.87. The van der Waals surface area contributed by atoms with E-state index in [0.717, 1.165) is 27.9 Å². The number of thioether (sulfide) groups is 1. The average molecular weight is 370 g/mol. The number of thiocarbonyl (C=S) groups is 1. The Morgan fingerprint density at radius 3 is 2.64 bits per heavy atom. The van der Waals surface area contributed by atoms with E-state index in [9.17, 15) is 14.7 Å². The first-order valence-electron chi connectivity index (χ1n) is 7.39. The first kappa shape index (κ1) is 17.2. The molecule has 3 rings (SSSR count). The minimum atomic E-state index is -0.524. The molecule has 1 saturated heterocycles. The van der Waals surface area contributed by atoms with E-state index >= 15 is 0 Å². The quantitative estimate of drug-likeness (QED) is 0.641. The minimum Gasteiger partial charge on any atom is -0.508 e. The number of phenols is 1. The van der Waals surface area contributed by atoms with Crippen molar-refractivity contribution in [1.82, 2.24) is 10.4 Å². The number of carbonyl (C=O) groups is 2. The van der Waals surface area contributed by atoms with Gasteiger partial charge in [-0.25, -0.2) is 0 Å². The zero-order chi connectivity index (χ0) is 18.0. The molecule has 5 nitrogen and oxygen atoms in total. The fraction of sp³-hybridized carbons (Fsp3) is 0.0556. The lowest BCUT2D eigenvalue weighted by molar-refractivity contribution is -0.123. The number of aryl methyl sites for hydroxylation is 1. The highest BCUT2D eigenvalue weighted by Crippen LogP contribution is 2.31. The van der Waals surface area contributed by atoms with Gasteiger partial charge in [0.2, 0.25) is 0 Å². The highest BCUT2D eigenvalue weighted by atomic mass is 32.2. The van der Waals surface area contributed by atoms with Gasteiger partial charge in [0, 0.05) is 5.56 Å². The van der Waals surface area contributed by atoms with Crippen LogP contribution in [0.4, 0.5) is 0 Å². The van der Waals surface area contributed by atoms with Crippen molar-refractivity contribution in [2.75, 3.05) is 0 Å². The van der Waals surface area contributed by atoms with Crippen LogP contribution in [-0.4, -0.2) is 26.3 Å². The van der Waals surface area contributed by atoms with Gasteiger partial charge in [-0.05, 0) is 49.0 Å². The molecule has 126 valence electrons. The molecule has 1 heterocycles. The minimum absolute atomic E-state index is 0.0303. The number of amides is 2. The van der Waals surface area contributed by atoms with Crippen LogP contribution >= 0.6 is 24.0 Å². The maximum atomic E-state index is 12.5. The summed E-state index contributed by atoms with van der Waals surface area (Å²) in [6.07, 6.45) is 1.74. The molecule has 0 aliphatic carbocycles. The Morgan fingerprint density at radius 2 is 1.96 bits per heavy atom. The van der Waals surface area contributed by atoms with Crippen molar-refractivity contribution in [2.45, 2.75) is 6.92 Å². The molecule has 1 aliphatic heterocycles. The lowest BCUT2D eigenvalue weighted by Crippen LogP contribution is -2.44. The highest BCUT2D eigenvalue weighted by Gasteiger charge is 2.33. The third kappa shape index (κ3) is 3.89. The number of nitrogens with one attached hydrogen (secondary N) is 1. The Morgan fingerprint density at radius 1 is 1.24 bits per heavy atom. The normalized spacial score (nSPS) is 15.7. The second kappa shape index (κ2) is 7.08. The number of carbonyl (C=O) groups excluding carboxylic acids is 2. The van der Waals surface area contributed by atoms with Crippen LogP contribution in [0.15, 0.2) is 53.4 Å². The Bertz CT molecular complexity index is 891. The van der Waals surface area contributed by atoms with Crippen LogP contribution in [0.3, 0.4) is 0 Å². The topological polar surface area (TPSA) is 69.6 Å². The van der Waals surface area contributed by atoms with Gasteiger partial charge >= 0.3 is 0 Å². The van der Waals surface area contributed by atoms with Crippen LogP contribution in [0.2, 0.25) is 0 Å². The van der Waals surface area contributed by atoms with Gasteiger partial charge in [-0.15, -0.1) is 0 Å². The summed E-state index contributed by atoms with van der Waals surface area (Å²) in [4.78, 5) is 25.2. The average Bonchev–Trinajstić information content (AvgIpc) is 2.84. The zero-order valence-electron chi connectivity index (χ0n) is 13.2. The van der Waals surface area contributed by atoms with E-state index in [0.29, 0.717) is 4.91 Å². The van der Waals surface area contributed by atoms with E-state index in [4.69, 9.17) is 12.2 Å². The van der Waals surface area contributed by atoms with E-state index in [1.165, 1.54) is 18.2 Å². The fourth-order valence-electron chi connectivity index (χ4n) is 2.19. The molecule has 2 N–H and O–H groups in total. The lowest BCUT2D eigenvalue weighted by atomic mass is 10.1. The van der Waals surface area contributed by atoms with Crippen LogP contribution in [0.5, 0.6) is 5.75 Å². The summed E-state index contributed by atoms with van der Waals surface area (Å²) in [6.45, 7) is 1.99. The van der Waals surface area contributed by atoms with E-state index in [-0.39, 0.29) is 21.5 Å². The molecule has 0 spiro atoms. The zero-order valence-corrected chi connectivity index (χ0v) is 14.9. The second-order valence-electron chi connectivity index (χ2n) is 5.42. The van der Waals surface area contributed by atoms with Crippen molar-refractivity contribution in [2.24, 2.45) is 0 Å². The molecular formula is C18H14N2O3S2. The van der Waals surface area contributed by atoms with Gasteiger partial charge in [0.1, 0.15) is 5.75 Å². The molecule has 1 fully saturated rings. The smallest absolute Gasteiger partial charge is 0.285 e. The summed E-state index contributed by atoms with van der Waals surface area (Å²) in [7, 11) is 0. The first-order valence-corrected chi connectivity index (χ1v) is 8.61. The van der Waals surface area contributed by atoms with Crippen molar-refractivity contribution in [1.29, 1.82) is 0 Å². The van der Waals surface area contributed by atoms with Crippen molar-refractivity contribution in [3.8, 4) is 5.75 Å². The summed E-state index contributed by atoms with van der Waals surface area (Å²) in [6, 6.07) is 13.6. The van der Waals surface area contributed by atoms with Gasteiger partial charge in [-0.3, -0.25) is 15.0 Å². The van der Waals surface area contributed by atoms with E-state index in [1.807, 2.05) is 31.2 Å². The van der Waals surface area contributed by atoms with Crippen molar-refractivity contribution in [3.63, 3.8) is 0 Å². The fourth-order valence-corrected chi connectivity index (χ4v) is 3.37. The van der Waals surface area contributed by atoms with Crippen LogP contribution in [0, 0.1) is 6.92 Å². The van der Waals surface area contributed by atoms with Gasteiger partial charge in [0.25, 0.3) is 11.8 Å². The second-order valence-corrected chi connectivity index (χ2v) is 7.09. The number of hydrazine groups is 1. The molecule has 0 unspecified atom stereocenters. The van der Waals surface area contributed by atoms with Crippen molar-refractivity contribution >= 4 is 46.2 Å². The molecular weight excluding hydrogens is 356 g/mol. The van der Waals surface area contributed by atoms with Crippen LogP contribution in [0.25, 0.3) is 6.08 Å². The van der Waals surface area contributed by atoms with Crippen LogP contribution in [0.1, 0.15) is 21.5 Å². The molecule has 0 aromatic heterocycles. The summed E-state index contributed by atoms with van der Waals surface area (Å²) >= 11 is 6.31. The highest BCUT2D eigenvalue weighted by molar-refractivity contribution is 8.26. The molecule has 0 radical (unpaired) electrons. The molecule has 0 bridgehead atoms. The predicted octanol–water partition coefficient (Wildman–Crippen LogP) is 3.25. The standard InChI is InChI=1S/C18H14N2O3S2/c1-11-5-7-12(8-6-11)9-15-17(23)20(18(24)25-15)19-16(22)13-3-2-4-14(21)10-13/h2-10,21H,1H3,(H,19,22)/b15-9-. The van der Waals surface area contributed by atoms with E-state index < -0.39 is 5.91 Å². The number of nitrogens with zero attached hydrogens (tertiary/aromatic N) is 1. The molecule has 2 amide bonds. The maximum Gasteiger partial charge on any atom is 0.285 e. The summed E-state index contributed by atoms with van der Waals surface area (Å²) in [5, 5.41) is 10.5. The Labute approximate surface area is 154 Å². The number of phenolic OH excluding ortho intramolecular Hbond substituents is 1. The predicted molar refractivity (Wildman–Crippen MR) is 102 cm³/mol. The Hall–Kier alpha value is -2.64. The third-order valence-corrected chi connectivity index (χ3v) is 4.79. The number of hydrogen-bond acceptors (Lipinski definition) is 5. The molecule has 25 heavy (non-hydrogen) atoms. The molecule has 0 atom stereocenters. The van der Waals surface area contributed by atoms with E-state index in [1.54, 1.807) is 12.1 Å². The largest absolute Gasteiger partial charge is 0.508 e. The molecule has 2 aromatic rings. The summed E-state index contributed by atoms with van der Waals surface area (Å²) in [5.74, 6) is -0.940. The molecule has 7 heteroatoms. The van der Waals surface area contributed by atoms with Gasteiger partial charge in [-0.1, -0.05) is 47.7 Å². The third-order valence-electron chi connectivity index (χ3n) is 3.49. The maximum absolute atomic E-state index is 12.5. The van der Waals surface area contributed by atoms with Gasteiger partial charge < -0.3 is 5.11 Å². The van der Waals surface area contributed by atoms with Crippen LogP contribution in [-0.2, 0) is 4.79 Å². The van der Waals surface area contributed by atoms with Crippen molar-refractivity contribution in [3.05, 3.63) is 70.1 Å². The SMILES string of the molecule is Cc1ccc(/C=C2\SC(=S)N(NC(=O)c3cccc(O)c3)C2=O)cc1. The van der Waals surface area contributed by atoms with Crippen molar-refractivity contribution < 1.29 is 14.7 Å². The monoisotopic (exact) mass is 370 g/mol. The summed E-state index contributed by atoms with van der Waals surface area (Å²) in [5.41, 5.74) is 4.72. The molecule has 0 saturated carbocycles. The molecule has 2 aromatic carbocycles. The number of benzene rings is 2. The van der Waals surface area contributed by atoms with Gasteiger partial charge in [0.15, 0.2) is 4.32 Å². The van der Waals surface area contributed by atoms with Gasteiger partial charge in [-0.2, -0.15) is 5.01 Å². The van der Waals surface area contributed by atoms with E-state index in [2.05, 4.69) is 5.43 Å².